The molecule has 0 saturated heterocycles. The van der Waals surface area contributed by atoms with Gasteiger partial charge in [0.25, 0.3) is 0 Å². The third-order valence-corrected chi connectivity index (χ3v) is 3.47. The second-order valence-electron chi connectivity index (χ2n) is 5.31. The standard InChI is InChI=1S/C19H16N2O4/c1-24-19-20-11-15(12-21-19)14-5-3-7-17(10-14)25-16-6-2-4-13(8-16)9-18(22)23/h2-8,10-12H,9H2,1H3,(H,22,23). The number of hydrogen-bond acceptors (Lipinski definition) is 5. The van der Waals surface area contributed by atoms with Crippen LogP contribution >= 0.6 is 0 Å². The second-order valence-corrected chi connectivity index (χ2v) is 5.31. The lowest BCUT2D eigenvalue weighted by Gasteiger charge is -2.09. The van der Waals surface area contributed by atoms with Crippen LogP contribution in [-0.4, -0.2) is 28.2 Å². The van der Waals surface area contributed by atoms with Crippen LogP contribution in [0.15, 0.2) is 60.9 Å². The van der Waals surface area contributed by atoms with Gasteiger partial charge >= 0.3 is 12.0 Å². The average molecular weight is 336 g/mol. The summed E-state index contributed by atoms with van der Waals surface area (Å²) in [6.07, 6.45) is 3.32. The van der Waals surface area contributed by atoms with Crippen molar-refractivity contribution in [2.24, 2.45) is 0 Å². The smallest absolute Gasteiger partial charge is 0.316 e. The summed E-state index contributed by atoms with van der Waals surface area (Å²) in [5, 5.41) is 8.89. The fourth-order valence-corrected chi connectivity index (χ4v) is 2.34. The molecule has 0 aliphatic carbocycles. The molecule has 126 valence electrons. The van der Waals surface area contributed by atoms with E-state index in [0.717, 1.165) is 11.1 Å². The first kappa shape index (κ1) is 16.4. The Morgan fingerprint density at radius 2 is 1.68 bits per heavy atom. The number of carbonyl (C=O) groups is 1. The quantitative estimate of drug-likeness (QED) is 0.741. The summed E-state index contributed by atoms with van der Waals surface area (Å²) in [5.41, 5.74) is 2.43. The minimum Gasteiger partial charge on any atom is -0.481 e. The number of ether oxygens (including phenoxy) is 2. The zero-order valence-corrected chi connectivity index (χ0v) is 13.5. The Labute approximate surface area is 144 Å². The van der Waals surface area contributed by atoms with Gasteiger partial charge in [0.2, 0.25) is 0 Å². The van der Waals surface area contributed by atoms with Crippen molar-refractivity contribution >= 4 is 5.97 Å². The lowest BCUT2D eigenvalue weighted by Crippen LogP contribution is -1.99. The topological polar surface area (TPSA) is 81.5 Å². The van der Waals surface area contributed by atoms with Gasteiger partial charge in [-0.15, -0.1) is 0 Å². The van der Waals surface area contributed by atoms with E-state index in [1.807, 2.05) is 24.3 Å². The average Bonchev–Trinajstić information content (AvgIpc) is 2.62. The van der Waals surface area contributed by atoms with E-state index in [1.165, 1.54) is 7.11 Å². The minimum absolute atomic E-state index is 0.0412. The van der Waals surface area contributed by atoms with E-state index >= 15 is 0 Å². The maximum absolute atomic E-state index is 10.8. The van der Waals surface area contributed by atoms with Crippen LogP contribution in [0, 0.1) is 0 Å². The molecule has 0 spiro atoms. The molecule has 0 bridgehead atoms. The summed E-state index contributed by atoms with van der Waals surface area (Å²) in [5.74, 6) is 0.348. The lowest BCUT2D eigenvalue weighted by atomic mass is 10.1. The summed E-state index contributed by atoms with van der Waals surface area (Å²) in [6, 6.07) is 14.8. The van der Waals surface area contributed by atoms with Crippen LogP contribution in [0.2, 0.25) is 0 Å². The van der Waals surface area contributed by atoms with Crippen molar-refractivity contribution < 1.29 is 19.4 Å². The van der Waals surface area contributed by atoms with Gasteiger partial charge in [0.1, 0.15) is 11.5 Å². The van der Waals surface area contributed by atoms with Crippen molar-refractivity contribution in [2.75, 3.05) is 7.11 Å². The van der Waals surface area contributed by atoms with E-state index in [2.05, 4.69) is 9.97 Å². The van der Waals surface area contributed by atoms with Gasteiger partial charge in [-0.25, -0.2) is 9.97 Å². The maximum Gasteiger partial charge on any atom is 0.316 e. The normalized spacial score (nSPS) is 10.3. The highest BCUT2D eigenvalue weighted by Crippen LogP contribution is 2.27. The Bertz CT molecular complexity index is 879. The largest absolute Gasteiger partial charge is 0.481 e. The van der Waals surface area contributed by atoms with Crippen LogP contribution in [0.3, 0.4) is 0 Å². The predicted molar refractivity (Wildman–Crippen MR) is 91.9 cm³/mol. The number of carboxylic acid groups (broad SMARTS) is 1. The molecule has 1 N–H and O–H groups in total. The molecule has 0 fully saturated rings. The predicted octanol–water partition coefficient (Wildman–Crippen LogP) is 3.57. The Hall–Kier alpha value is -3.41. The van der Waals surface area contributed by atoms with Crippen molar-refractivity contribution in [1.82, 2.24) is 9.97 Å². The first-order chi connectivity index (χ1) is 12.1. The molecule has 1 aromatic heterocycles. The second kappa shape index (κ2) is 7.44. The summed E-state index contributed by atoms with van der Waals surface area (Å²) in [6.45, 7) is 0. The molecule has 0 radical (unpaired) electrons. The van der Waals surface area contributed by atoms with Crippen LogP contribution in [-0.2, 0) is 11.2 Å². The monoisotopic (exact) mass is 336 g/mol. The van der Waals surface area contributed by atoms with Crippen molar-refractivity contribution in [3.8, 4) is 28.6 Å². The number of methoxy groups -OCH3 is 1. The van der Waals surface area contributed by atoms with Gasteiger partial charge in [-0.1, -0.05) is 24.3 Å². The molecule has 1 heterocycles. The molecule has 0 aliphatic rings. The molecule has 0 aliphatic heterocycles. The van der Waals surface area contributed by atoms with E-state index in [4.69, 9.17) is 14.6 Å². The van der Waals surface area contributed by atoms with Crippen molar-refractivity contribution in [3.63, 3.8) is 0 Å². The third kappa shape index (κ3) is 4.32. The summed E-state index contributed by atoms with van der Waals surface area (Å²) < 4.78 is 10.8. The molecule has 6 nitrogen and oxygen atoms in total. The first-order valence-electron chi connectivity index (χ1n) is 7.59. The molecule has 2 aromatic carbocycles. The number of hydrogen-bond donors (Lipinski definition) is 1. The fourth-order valence-electron chi connectivity index (χ4n) is 2.34. The highest BCUT2D eigenvalue weighted by Gasteiger charge is 2.05. The number of benzene rings is 2. The third-order valence-electron chi connectivity index (χ3n) is 3.47. The summed E-state index contributed by atoms with van der Waals surface area (Å²) in [7, 11) is 1.52. The number of rotatable bonds is 6. The molecule has 0 saturated carbocycles. The molecule has 0 amide bonds. The number of nitrogens with zero attached hydrogens (tertiary/aromatic N) is 2. The molecule has 0 unspecified atom stereocenters. The molecule has 25 heavy (non-hydrogen) atoms. The Balaban J connectivity index is 1.80. The van der Waals surface area contributed by atoms with Crippen molar-refractivity contribution in [1.29, 1.82) is 0 Å². The van der Waals surface area contributed by atoms with Crippen LogP contribution in [0.1, 0.15) is 5.56 Å². The van der Waals surface area contributed by atoms with Gasteiger partial charge < -0.3 is 14.6 Å². The first-order valence-corrected chi connectivity index (χ1v) is 7.59. The van der Waals surface area contributed by atoms with E-state index in [0.29, 0.717) is 23.1 Å². The molecule has 0 atom stereocenters. The number of aromatic nitrogens is 2. The zero-order valence-electron chi connectivity index (χ0n) is 13.5. The molecular weight excluding hydrogens is 320 g/mol. The van der Waals surface area contributed by atoms with E-state index in [1.54, 1.807) is 36.7 Å². The number of carboxylic acids is 1. The molecule has 3 aromatic rings. The Morgan fingerprint density at radius 3 is 2.36 bits per heavy atom. The molecular formula is C19H16N2O4. The highest BCUT2D eigenvalue weighted by molar-refractivity contribution is 5.70. The number of aliphatic carboxylic acids is 1. The van der Waals surface area contributed by atoms with Gasteiger partial charge in [0, 0.05) is 18.0 Å². The van der Waals surface area contributed by atoms with Gasteiger partial charge in [-0.3, -0.25) is 4.79 Å². The van der Waals surface area contributed by atoms with Gasteiger partial charge in [0.05, 0.1) is 13.5 Å². The zero-order chi connectivity index (χ0) is 17.6. The van der Waals surface area contributed by atoms with E-state index < -0.39 is 5.97 Å². The van der Waals surface area contributed by atoms with Crippen LogP contribution < -0.4 is 9.47 Å². The van der Waals surface area contributed by atoms with Gasteiger partial charge in [-0.2, -0.15) is 0 Å². The fraction of sp³-hybridized carbons (Fsp3) is 0.105. The van der Waals surface area contributed by atoms with Crippen LogP contribution in [0.4, 0.5) is 0 Å². The SMILES string of the molecule is COc1ncc(-c2cccc(Oc3cccc(CC(=O)O)c3)c2)cn1. The summed E-state index contributed by atoms with van der Waals surface area (Å²) in [4.78, 5) is 19.0. The molecule has 3 rings (SSSR count). The van der Waals surface area contributed by atoms with Crippen LogP contribution in [0.5, 0.6) is 17.5 Å². The highest BCUT2D eigenvalue weighted by atomic mass is 16.5. The van der Waals surface area contributed by atoms with E-state index in [-0.39, 0.29) is 6.42 Å². The minimum atomic E-state index is -0.876. The van der Waals surface area contributed by atoms with E-state index in [9.17, 15) is 4.79 Å². The Morgan fingerprint density at radius 1 is 1.00 bits per heavy atom. The lowest BCUT2D eigenvalue weighted by molar-refractivity contribution is -0.136. The maximum atomic E-state index is 10.8. The van der Waals surface area contributed by atoms with Crippen molar-refractivity contribution in [2.45, 2.75) is 6.42 Å². The summed E-state index contributed by atoms with van der Waals surface area (Å²) >= 11 is 0. The Kier molecular flexibility index (Phi) is 4.89. The van der Waals surface area contributed by atoms with Gasteiger partial charge in [0.15, 0.2) is 0 Å². The molecule has 6 heteroatoms. The van der Waals surface area contributed by atoms with Crippen LogP contribution in [0.25, 0.3) is 11.1 Å². The van der Waals surface area contributed by atoms with Crippen molar-refractivity contribution in [3.05, 3.63) is 66.5 Å². The van der Waals surface area contributed by atoms with Gasteiger partial charge in [-0.05, 0) is 35.4 Å².